The Bertz CT molecular complexity index is 1020. The van der Waals surface area contributed by atoms with Crippen molar-refractivity contribution in [2.45, 2.75) is 18.6 Å². The van der Waals surface area contributed by atoms with Crippen LogP contribution in [0.4, 0.5) is 5.69 Å². The number of carbonyl (C=O) groups excluding carboxylic acids is 2. The number of hydrogen-bond donors (Lipinski definition) is 2. The predicted molar refractivity (Wildman–Crippen MR) is 117 cm³/mol. The van der Waals surface area contributed by atoms with E-state index < -0.39 is 0 Å². The molecule has 0 bridgehead atoms. The third-order valence-electron chi connectivity index (χ3n) is 4.18. The summed E-state index contributed by atoms with van der Waals surface area (Å²) in [7, 11) is 1.81. The Balaban J connectivity index is 1.52. The normalized spacial score (nSPS) is 10.6. The second kappa shape index (κ2) is 9.71. The van der Waals surface area contributed by atoms with Crippen LogP contribution < -0.4 is 10.6 Å². The first-order valence-electron chi connectivity index (χ1n) is 8.84. The van der Waals surface area contributed by atoms with Crippen LogP contribution in [0.2, 0.25) is 0 Å². The number of nitrogens with zero attached hydrogens (tertiary/aromatic N) is 3. The van der Waals surface area contributed by atoms with Gasteiger partial charge < -0.3 is 15.2 Å². The predicted octanol–water partition coefficient (Wildman–Crippen LogP) is 3.55. The zero-order chi connectivity index (χ0) is 20.8. The summed E-state index contributed by atoms with van der Waals surface area (Å²) in [5.41, 5.74) is 2.28. The lowest BCUT2D eigenvalue weighted by Crippen LogP contribution is -2.25. The topological polar surface area (TPSA) is 88.9 Å². The molecule has 2 amide bonds. The van der Waals surface area contributed by atoms with Gasteiger partial charge in [0.25, 0.3) is 5.91 Å². The van der Waals surface area contributed by atoms with Gasteiger partial charge in [0.05, 0.1) is 12.3 Å². The highest BCUT2D eigenvalue weighted by molar-refractivity contribution is 9.10. The molecule has 3 aromatic rings. The Morgan fingerprint density at radius 3 is 2.55 bits per heavy atom. The van der Waals surface area contributed by atoms with Crippen molar-refractivity contribution in [3.8, 4) is 0 Å². The quantitative estimate of drug-likeness (QED) is 0.512. The second-order valence-electron chi connectivity index (χ2n) is 6.30. The third-order valence-corrected chi connectivity index (χ3v) is 5.73. The SMILES string of the molecule is Cc1ccccc1C(=O)NCc1nnc(SCC(=O)Nc2ccc(Br)cc2)n1C. The fourth-order valence-corrected chi connectivity index (χ4v) is 3.56. The third kappa shape index (κ3) is 5.68. The number of anilines is 1. The summed E-state index contributed by atoms with van der Waals surface area (Å²) < 4.78 is 2.72. The Kier molecular flexibility index (Phi) is 7.05. The molecule has 29 heavy (non-hydrogen) atoms. The van der Waals surface area contributed by atoms with Crippen molar-refractivity contribution in [3.05, 3.63) is 70.0 Å². The van der Waals surface area contributed by atoms with Gasteiger partial charge in [-0.25, -0.2) is 0 Å². The molecule has 0 fully saturated rings. The molecule has 3 rings (SSSR count). The molecule has 2 N–H and O–H groups in total. The lowest BCUT2D eigenvalue weighted by Gasteiger charge is -2.08. The van der Waals surface area contributed by atoms with E-state index in [0.29, 0.717) is 16.5 Å². The van der Waals surface area contributed by atoms with Crippen LogP contribution in [-0.4, -0.2) is 32.3 Å². The van der Waals surface area contributed by atoms with E-state index in [1.54, 1.807) is 10.6 Å². The molecule has 0 radical (unpaired) electrons. The molecular weight excluding hydrogens is 454 g/mol. The van der Waals surface area contributed by atoms with Crippen LogP contribution in [-0.2, 0) is 18.4 Å². The zero-order valence-corrected chi connectivity index (χ0v) is 18.4. The Labute approximate surface area is 181 Å². The Hall–Kier alpha value is -2.65. The molecule has 7 nitrogen and oxygen atoms in total. The van der Waals surface area contributed by atoms with Gasteiger partial charge in [-0.3, -0.25) is 9.59 Å². The summed E-state index contributed by atoms with van der Waals surface area (Å²) in [5.74, 6) is 0.532. The number of halogens is 1. The summed E-state index contributed by atoms with van der Waals surface area (Å²) >= 11 is 4.65. The van der Waals surface area contributed by atoms with Gasteiger partial charge >= 0.3 is 0 Å². The van der Waals surface area contributed by atoms with Crippen LogP contribution in [0.5, 0.6) is 0 Å². The molecule has 0 saturated carbocycles. The average molecular weight is 474 g/mol. The first kappa shape index (κ1) is 21.1. The minimum Gasteiger partial charge on any atom is -0.345 e. The molecule has 150 valence electrons. The molecule has 0 aliphatic heterocycles. The fourth-order valence-electron chi connectivity index (χ4n) is 2.57. The number of aryl methyl sites for hydroxylation is 1. The van der Waals surface area contributed by atoms with E-state index in [-0.39, 0.29) is 24.1 Å². The van der Waals surface area contributed by atoms with Gasteiger partial charge in [-0.15, -0.1) is 10.2 Å². The van der Waals surface area contributed by atoms with Crippen LogP contribution in [0, 0.1) is 6.92 Å². The highest BCUT2D eigenvalue weighted by Crippen LogP contribution is 2.18. The molecule has 0 atom stereocenters. The van der Waals surface area contributed by atoms with E-state index in [1.807, 2.05) is 56.4 Å². The van der Waals surface area contributed by atoms with Crippen LogP contribution in [0.1, 0.15) is 21.7 Å². The maximum atomic E-state index is 12.3. The van der Waals surface area contributed by atoms with E-state index in [2.05, 4.69) is 36.8 Å². The zero-order valence-electron chi connectivity index (χ0n) is 16.0. The molecule has 0 aliphatic rings. The Morgan fingerprint density at radius 1 is 1.10 bits per heavy atom. The van der Waals surface area contributed by atoms with Gasteiger partial charge in [0, 0.05) is 22.8 Å². The van der Waals surface area contributed by atoms with Crippen molar-refractivity contribution in [2.75, 3.05) is 11.1 Å². The first-order chi connectivity index (χ1) is 13.9. The van der Waals surface area contributed by atoms with Crippen LogP contribution in [0.15, 0.2) is 58.2 Å². The van der Waals surface area contributed by atoms with E-state index in [4.69, 9.17) is 0 Å². The number of carbonyl (C=O) groups is 2. The molecule has 0 aliphatic carbocycles. The van der Waals surface area contributed by atoms with Gasteiger partial charge in [-0.2, -0.15) is 0 Å². The van der Waals surface area contributed by atoms with Crippen LogP contribution in [0.25, 0.3) is 0 Å². The van der Waals surface area contributed by atoms with Crippen LogP contribution in [0.3, 0.4) is 0 Å². The molecular formula is C20H20BrN5O2S. The summed E-state index contributed by atoms with van der Waals surface area (Å²) in [5, 5.41) is 14.5. The summed E-state index contributed by atoms with van der Waals surface area (Å²) in [4.78, 5) is 24.5. The van der Waals surface area contributed by atoms with E-state index in [0.717, 1.165) is 15.7 Å². The van der Waals surface area contributed by atoms with Crippen molar-refractivity contribution in [1.29, 1.82) is 0 Å². The van der Waals surface area contributed by atoms with Gasteiger partial charge in [-0.1, -0.05) is 45.9 Å². The van der Waals surface area contributed by atoms with Crippen molar-refractivity contribution in [3.63, 3.8) is 0 Å². The van der Waals surface area contributed by atoms with Crippen molar-refractivity contribution in [1.82, 2.24) is 20.1 Å². The molecule has 0 spiro atoms. The van der Waals surface area contributed by atoms with Gasteiger partial charge in [0.1, 0.15) is 0 Å². The standard InChI is InChI=1S/C20H20BrN5O2S/c1-13-5-3-4-6-16(13)19(28)22-11-17-24-25-20(26(17)2)29-12-18(27)23-15-9-7-14(21)8-10-15/h3-10H,11-12H2,1-2H3,(H,22,28)(H,23,27). The number of nitrogens with one attached hydrogen (secondary N) is 2. The maximum Gasteiger partial charge on any atom is 0.251 e. The summed E-state index contributed by atoms with van der Waals surface area (Å²) in [6, 6.07) is 14.8. The summed E-state index contributed by atoms with van der Waals surface area (Å²) in [6.07, 6.45) is 0. The lowest BCUT2D eigenvalue weighted by atomic mass is 10.1. The van der Waals surface area contributed by atoms with Crippen molar-refractivity contribution in [2.24, 2.45) is 7.05 Å². The van der Waals surface area contributed by atoms with E-state index in [1.165, 1.54) is 11.8 Å². The van der Waals surface area contributed by atoms with Gasteiger partial charge in [0.2, 0.25) is 5.91 Å². The minimum atomic E-state index is -0.158. The van der Waals surface area contributed by atoms with Crippen LogP contribution >= 0.6 is 27.7 Å². The van der Waals surface area contributed by atoms with E-state index >= 15 is 0 Å². The molecule has 9 heteroatoms. The highest BCUT2D eigenvalue weighted by Gasteiger charge is 2.14. The first-order valence-corrected chi connectivity index (χ1v) is 10.6. The molecule has 0 unspecified atom stereocenters. The number of thioether (sulfide) groups is 1. The Morgan fingerprint density at radius 2 is 1.83 bits per heavy atom. The minimum absolute atomic E-state index is 0.130. The number of rotatable bonds is 7. The molecule has 0 saturated heterocycles. The number of amides is 2. The summed E-state index contributed by atoms with van der Waals surface area (Å²) in [6.45, 7) is 2.15. The molecule has 1 heterocycles. The fraction of sp³-hybridized carbons (Fsp3) is 0.200. The smallest absolute Gasteiger partial charge is 0.251 e. The number of hydrogen-bond acceptors (Lipinski definition) is 5. The largest absolute Gasteiger partial charge is 0.345 e. The lowest BCUT2D eigenvalue weighted by molar-refractivity contribution is -0.113. The van der Waals surface area contributed by atoms with Gasteiger partial charge in [-0.05, 0) is 42.8 Å². The molecule has 2 aromatic carbocycles. The number of benzene rings is 2. The van der Waals surface area contributed by atoms with Crippen molar-refractivity contribution >= 4 is 45.2 Å². The van der Waals surface area contributed by atoms with Crippen molar-refractivity contribution < 1.29 is 9.59 Å². The maximum absolute atomic E-state index is 12.3. The van der Waals surface area contributed by atoms with Gasteiger partial charge in [0.15, 0.2) is 11.0 Å². The van der Waals surface area contributed by atoms with E-state index in [9.17, 15) is 9.59 Å². The monoisotopic (exact) mass is 473 g/mol. The average Bonchev–Trinajstić information content (AvgIpc) is 3.06. The second-order valence-corrected chi connectivity index (χ2v) is 8.16. The highest BCUT2D eigenvalue weighted by atomic mass is 79.9. The molecule has 1 aromatic heterocycles. The number of aromatic nitrogens is 3.